The SMILES string of the molecule is CC(C)C1(O)CN(c2ncc(Br)cc2[N+](=O)[O-])C1. The Bertz CT molecular complexity index is 486. The summed E-state index contributed by atoms with van der Waals surface area (Å²) in [5, 5.41) is 21.1. The van der Waals surface area contributed by atoms with E-state index in [9.17, 15) is 15.2 Å². The molecule has 1 aromatic rings. The van der Waals surface area contributed by atoms with Crippen molar-refractivity contribution in [1.29, 1.82) is 0 Å². The number of hydrogen-bond donors (Lipinski definition) is 1. The van der Waals surface area contributed by atoms with Crippen molar-refractivity contribution in [3.63, 3.8) is 0 Å². The first-order valence-electron chi connectivity index (χ1n) is 5.61. The molecule has 1 saturated heterocycles. The van der Waals surface area contributed by atoms with Crippen LogP contribution in [-0.2, 0) is 0 Å². The van der Waals surface area contributed by atoms with Gasteiger partial charge in [0, 0.05) is 16.7 Å². The molecule has 0 aliphatic carbocycles. The fourth-order valence-corrected chi connectivity index (χ4v) is 2.25. The predicted octanol–water partition coefficient (Wildman–Crippen LogP) is 1.96. The van der Waals surface area contributed by atoms with E-state index in [1.54, 1.807) is 4.90 Å². The van der Waals surface area contributed by atoms with Crippen LogP contribution < -0.4 is 4.90 Å². The molecule has 1 aliphatic heterocycles. The molecular weight excluding hydrogens is 302 g/mol. The van der Waals surface area contributed by atoms with Crippen molar-refractivity contribution in [2.45, 2.75) is 19.4 Å². The Morgan fingerprint density at radius 3 is 2.72 bits per heavy atom. The second-order valence-corrected chi connectivity index (χ2v) is 5.78. The van der Waals surface area contributed by atoms with Crippen molar-refractivity contribution in [3.8, 4) is 0 Å². The number of rotatable bonds is 3. The maximum atomic E-state index is 11.0. The van der Waals surface area contributed by atoms with Crippen LogP contribution in [0.5, 0.6) is 0 Å². The Morgan fingerprint density at radius 2 is 2.22 bits per heavy atom. The van der Waals surface area contributed by atoms with E-state index in [0.717, 1.165) is 0 Å². The van der Waals surface area contributed by atoms with Gasteiger partial charge in [0.1, 0.15) is 5.60 Å². The first-order valence-corrected chi connectivity index (χ1v) is 6.40. The standard InChI is InChI=1S/C11H14BrN3O3/c1-7(2)11(16)5-14(6-11)10-9(15(17)18)3-8(12)4-13-10/h3-4,7,16H,5-6H2,1-2H3. The van der Waals surface area contributed by atoms with Crippen LogP contribution in [0.2, 0.25) is 0 Å². The van der Waals surface area contributed by atoms with Gasteiger partial charge in [-0.25, -0.2) is 4.98 Å². The minimum Gasteiger partial charge on any atom is -0.386 e. The summed E-state index contributed by atoms with van der Waals surface area (Å²) < 4.78 is 0.567. The summed E-state index contributed by atoms with van der Waals surface area (Å²) in [4.78, 5) is 16.3. The molecule has 1 aliphatic rings. The molecule has 18 heavy (non-hydrogen) atoms. The monoisotopic (exact) mass is 315 g/mol. The summed E-state index contributed by atoms with van der Waals surface area (Å²) in [7, 11) is 0. The van der Waals surface area contributed by atoms with Crippen LogP contribution in [0.3, 0.4) is 0 Å². The molecular formula is C11H14BrN3O3. The van der Waals surface area contributed by atoms with E-state index in [1.165, 1.54) is 12.3 Å². The maximum Gasteiger partial charge on any atom is 0.312 e. The molecule has 0 radical (unpaired) electrons. The van der Waals surface area contributed by atoms with E-state index < -0.39 is 10.5 Å². The fourth-order valence-electron chi connectivity index (χ4n) is 1.93. The zero-order chi connectivity index (χ0) is 13.5. The minimum atomic E-state index is -0.775. The minimum absolute atomic E-state index is 0.0461. The molecule has 2 heterocycles. The van der Waals surface area contributed by atoms with Gasteiger partial charge < -0.3 is 10.0 Å². The van der Waals surface area contributed by atoms with Crippen LogP contribution in [0, 0.1) is 16.0 Å². The first kappa shape index (κ1) is 13.2. The third-order valence-corrected chi connectivity index (χ3v) is 3.75. The smallest absolute Gasteiger partial charge is 0.312 e. The molecule has 0 spiro atoms. The van der Waals surface area contributed by atoms with Gasteiger partial charge >= 0.3 is 5.69 Å². The van der Waals surface area contributed by atoms with E-state index in [-0.39, 0.29) is 11.6 Å². The molecule has 1 aromatic heterocycles. The molecule has 1 fully saturated rings. The lowest BCUT2D eigenvalue weighted by Crippen LogP contribution is -2.65. The Morgan fingerprint density at radius 1 is 1.61 bits per heavy atom. The summed E-state index contributed by atoms with van der Waals surface area (Å²) in [5.74, 6) is 0.428. The van der Waals surface area contributed by atoms with E-state index in [2.05, 4.69) is 20.9 Å². The number of β-amino-alcohol motifs (C(OH)–C–C–N with tert-alkyl or cyclic N) is 1. The summed E-state index contributed by atoms with van der Waals surface area (Å²) in [6.45, 7) is 4.61. The van der Waals surface area contributed by atoms with Crippen molar-refractivity contribution >= 4 is 27.4 Å². The predicted molar refractivity (Wildman–Crippen MR) is 70.6 cm³/mol. The van der Waals surface area contributed by atoms with Gasteiger partial charge in [0.25, 0.3) is 0 Å². The van der Waals surface area contributed by atoms with E-state index >= 15 is 0 Å². The number of nitrogens with zero attached hydrogens (tertiary/aromatic N) is 3. The van der Waals surface area contributed by atoms with Gasteiger partial charge in [-0.05, 0) is 21.8 Å². The van der Waals surface area contributed by atoms with E-state index in [1.807, 2.05) is 13.8 Å². The molecule has 1 N–H and O–H groups in total. The average molecular weight is 316 g/mol. The van der Waals surface area contributed by atoms with Crippen molar-refractivity contribution in [2.75, 3.05) is 18.0 Å². The molecule has 0 saturated carbocycles. The summed E-state index contributed by atoms with van der Waals surface area (Å²) in [5.41, 5.74) is -0.821. The van der Waals surface area contributed by atoms with Gasteiger partial charge in [-0.15, -0.1) is 0 Å². The Hall–Kier alpha value is -1.21. The number of hydrogen-bond acceptors (Lipinski definition) is 5. The van der Waals surface area contributed by atoms with Gasteiger partial charge in [0.15, 0.2) is 0 Å². The van der Waals surface area contributed by atoms with Crippen LogP contribution in [-0.4, -0.2) is 33.7 Å². The lowest BCUT2D eigenvalue weighted by Gasteiger charge is -2.49. The first-order chi connectivity index (χ1) is 8.33. The highest BCUT2D eigenvalue weighted by atomic mass is 79.9. The Balaban J connectivity index is 2.24. The highest BCUT2D eigenvalue weighted by molar-refractivity contribution is 9.10. The summed E-state index contributed by atoms with van der Waals surface area (Å²) in [6, 6.07) is 1.43. The topological polar surface area (TPSA) is 79.5 Å². The third kappa shape index (κ3) is 2.20. The van der Waals surface area contributed by atoms with Crippen LogP contribution >= 0.6 is 15.9 Å². The highest BCUT2D eigenvalue weighted by Gasteiger charge is 2.46. The zero-order valence-corrected chi connectivity index (χ0v) is 11.7. The van der Waals surface area contributed by atoms with Gasteiger partial charge in [0.05, 0.1) is 18.0 Å². The molecule has 7 heteroatoms. The molecule has 0 aromatic carbocycles. The van der Waals surface area contributed by atoms with Gasteiger partial charge in [0.2, 0.25) is 5.82 Å². The molecule has 0 unspecified atom stereocenters. The lowest BCUT2D eigenvalue weighted by molar-refractivity contribution is -0.384. The maximum absolute atomic E-state index is 11.0. The van der Waals surface area contributed by atoms with Crippen LogP contribution in [0.4, 0.5) is 11.5 Å². The Kier molecular flexibility index (Phi) is 3.29. The average Bonchev–Trinajstić information content (AvgIpc) is 2.24. The number of aliphatic hydroxyl groups is 1. The van der Waals surface area contributed by atoms with Crippen LogP contribution in [0.15, 0.2) is 16.7 Å². The van der Waals surface area contributed by atoms with Gasteiger partial charge in [-0.2, -0.15) is 0 Å². The number of aromatic nitrogens is 1. The molecule has 0 atom stereocenters. The van der Waals surface area contributed by atoms with Gasteiger partial charge in [-0.1, -0.05) is 13.8 Å². The second-order valence-electron chi connectivity index (χ2n) is 4.87. The molecule has 2 rings (SSSR count). The zero-order valence-electron chi connectivity index (χ0n) is 10.1. The molecule has 0 amide bonds. The largest absolute Gasteiger partial charge is 0.386 e. The number of pyridine rings is 1. The lowest BCUT2D eigenvalue weighted by atomic mass is 9.83. The number of halogens is 1. The molecule has 98 valence electrons. The fraction of sp³-hybridized carbons (Fsp3) is 0.545. The van der Waals surface area contributed by atoms with Crippen molar-refractivity contribution in [3.05, 3.63) is 26.9 Å². The molecule has 6 nitrogen and oxygen atoms in total. The quantitative estimate of drug-likeness (QED) is 0.681. The Labute approximate surface area is 113 Å². The second kappa shape index (κ2) is 4.47. The van der Waals surface area contributed by atoms with Crippen molar-refractivity contribution < 1.29 is 10.0 Å². The van der Waals surface area contributed by atoms with Crippen molar-refractivity contribution in [2.24, 2.45) is 5.92 Å². The number of nitro groups is 1. The van der Waals surface area contributed by atoms with Gasteiger partial charge in [-0.3, -0.25) is 10.1 Å². The van der Waals surface area contributed by atoms with E-state index in [0.29, 0.717) is 23.4 Å². The third-order valence-electron chi connectivity index (χ3n) is 3.31. The number of anilines is 1. The van der Waals surface area contributed by atoms with Crippen LogP contribution in [0.1, 0.15) is 13.8 Å². The van der Waals surface area contributed by atoms with Crippen molar-refractivity contribution in [1.82, 2.24) is 4.98 Å². The highest BCUT2D eigenvalue weighted by Crippen LogP contribution is 2.37. The normalized spacial score (nSPS) is 17.7. The van der Waals surface area contributed by atoms with E-state index in [4.69, 9.17) is 0 Å². The molecule has 0 bridgehead atoms. The van der Waals surface area contributed by atoms with Crippen LogP contribution in [0.25, 0.3) is 0 Å². The summed E-state index contributed by atoms with van der Waals surface area (Å²) >= 11 is 3.16. The summed E-state index contributed by atoms with van der Waals surface area (Å²) in [6.07, 6.45) is 1.52.